The van der Waals surface area contributed by atoms with Crippen LogP contribution in [0.2, 0.25) is 0 Å². The first-order valence-corrected chi connectivity index (χ1v) is 11.1. The molecule has 0 saturated carbocycles. The highest BCUT2D eigenvalue weighted by Gasteiger charge is 2.12. The van der Waals surface area contributed by atoms with Crippen LogP contribution in [0.4, 0.5) is 10.8 Å². The Bertz CT molecular complexity index is 1030. The number of anilines is 2. The van der Waals surface area contributed by atoms with E-state index in [-0.39, 0.29) is 17.6 Å². The van der Waals surface area contributed by atoms with Crippen molar-refractivity contribution >= 4 is 45.7 Å². The minimum absolute atomic E-state index is 0.123. The lowest BCUT2D eigenvalue weighted by molar-refractivity contribution is -0.113. The molecule has 1 heterocycles. The molecule has 3 aromatic rings. The van der Waals surface area contributed by atoms with E-state index in [0.717, 1.165) is 16.8 Å². The topological polar surface area (TPSA) is 93.2 Å². The van der Waals surface area contributed by atoms with Crippen LogP contribution in [-0.2, 0) is 4.79 Å². The monoisotopic (exact) mass is 442 g/mol. The summed E-state index contributed by atoms with van der Waals surface area (Å²) in [5.41, 5.74) is 3.46. The van der Waals surface area contributed by atoms with Crippen molar-refractivity contribution in [2.24, 2.45) is 0 Å². The Morgan fingerprint density at radius 3 is 2.53 bits per heavy atom. The zero-order valence-corrected chi connectivity index (χ0v) is 18.5. The molecule has 0 atom stereocenters. The van der Waals surface area contributed by atoms with E-state index in [9.17, 15) is 9.59 Å². The highest BCUT2D eigenvalue weighted by atomic mass is 32.2. The Balaban J connectivity index is 1.50. The second-order valence-electron chi connectivity index (χ2n) is 6.44. The molecule has 30 heavy (non-hydrogen) atoms. The molecule has 0 aliphatic rings. The summed E-state index contributed by atoms with van der Waals surface area (Å²) >= 11 is 2.50. The first kappa shape index (κ1) is 21.8. The second-order valence-corrected chi connectivity index (χ2v) is 8.64. The maximum absolute atomic E-state index is 12.3. The number of aromatic nitrogens is 2. The maximum atomic E-state index is 12.3. The number of rotatable bonds is 8. The van der Waals surface area contributed by atoms with Crippen molar-refractivity contribution in [3.63, 3.8) is 0 Å². The molecule has 156 valence electrons. The lowest BCUT2D eigenvalue weighted by Gasteiger charge is -2.08. The van der Waals surface area contributed by atoms with Gasteiger partial charge in [0.25, 0.3) is 5.91 Å². The number of thioether (sulfide) groups is 1. The van der Waals surface area contributed by atoms with Crippen molar-refractivity contribution in [2.75, 3.05) is 23.0 Å². The van der Waals surface area contributed by atoms with Gasteiger partial charge in [0.05, 0.1) is 12.4 Å². The van der Waals surface area contributed by atoms with Crippen molar-refractivity contribution in [1.29, 1.82) is 0 Å². The van der Waals surface area contributed by atoms with Crippen LogP contribution in [0.15, 0.2) is 46.8 Å². The van der Waals surface area contributed by atoms with Crippen LogP contribution in [0.3, 0.4) is 0 Å². The number of hydrogen-bond donors (Lipinski definition) is 2. The van der Waals surface area contributed by atoms with Gasteiger partial charge in [0.1, 0.15) is 5.75 Å². The number of nitrogens with zero attached hydrogens (tertiary/aromatic N) is 2. The summed E-state index contributed by atoms with van der Waals surface area (Å²) in [5, 5.41) is 14.0. The molecule has 0 fully saturated rings. The van der Waals surface area contributed by atoms with Gasteiger partial charge in [0, 0.05) is 11.3 Å². The van der Waals surface area contributed by atoms with Gasteiger partial charge in [-0.2, -0.15) is 0 Å². The van der Waals surface area contributed by atoms with E-state index in [0.29, 0.717) is 27.4 Å². The summed E-state index contributed by atoms with van der Waals surface area (Å²) in [5.74, 6) is 0.512. The molecule has 0 spiro atoms. The smallest absolute Gasteiger partial charge is 0.257 e. The van der Waals surface area contributed by atoms with Crippen molar-refractivity contribution in [2.45, 2.75) is 25.1 Å². The van der Waals surface area contributed by atoms with Crippen molar-refractivity contribution in [3.05, 3.63) is 59.2 Å². The second kappa shape index (κ2) is 10.2. The van der Waals surface area contributed by atoms with Gasteiger partial charge in [-0.3, -0.25) is 14.9 Å². The minimum Gasteiger partial charge on any atom is -0.494 e. The highest BCUT2D eigenvalue weighted by molar-refractivity contribution is 8.01. The number of ether oxygens (including phenoxy) is 1. The predicted molar refractivity (Wildman–Crippen MR) is 121 cm³/mol. The van der Waals surface area contributed by atoms with E-state index in [4.69, 9.17) is 4.74 Å². The molecule has 2 N–H and O–H groups in total. The lowest BCUT2D eigenvalue weighted by atomic mass is 10.1. The normalized spacial score (nSPS) is 10.5. The summed E-state index contributed by atoms with van der Waals surface area (Å²) < 4.78 is 5.97. The number of carbonyl (C=O) groups is 2. The fraction of sp³-hybridized carbons (Fsp3) is 0.238. The summed E-state index contributed by atoms with van der Waals surface area (Å²) in [7, 11) is 0. The number of nitrogens with one attached hydrogen (secondary N) is 2. The summed E-state index contributed by atoms with van der Waals surface area (Å²) in [4.78, 5) is 24.5. The Morgan fingerprint density at radius 1 is 1.07 bits per heavy atom. The number of carbonyl (C=O) groups excluding carboxylic acids is 2. The van der Waals surface area contributed by atoms with Gasteiger partial charge < -0.3 is 10.1 Å². The average Bonchev–Trinajstić information content (AvgIpc) is 3.17. The lowest BCUT2D eigenvalue weighted by Crippen LogP contribution is -2.14. The molecule has 2 aromatic carbocycles. The van der Waals surface area contributed by atoms with Gasteiger partial charge in [0.15, 0.2) is 4.34 Å². The molecule has 0 saturated heterocycles. The zero-order valence-electron chi connectivity index (χ0n) is 16.9. The number of hydrogen-bond acceptors (Lipinski definition) is 7. The van der Waals surface area contributed by atoms with E-state index >= 15 is 0 Å². The number of benzene rings is 2. The van der Waals surface area contributed by atoms with Crippen LogP contribution in [0.25, 0.3) is 0 Å². The number of aryl methyl sites for hydroxylation is 2. The molecule has 0 aliphatic heterocycles. The van der Waals surface area contributed by atoms with Gasteiger partial charge in [-0.05, 0) is 56.7 Å². The Morgan fingerprint density at radius 2 is 1.83 bits per heavy atom. The Kier molecular flexibility index (Phi) is 7.42. The van der Waals surface area contributed by atoms with Crippen LogP contribution in [0.5, 0.6) is 5.75 Å². The maximum Gasteiger partial charge on any atom is 0.257 e. The molecular formula is C21H22N4O3S2. The van der Waals surface area contributed by atoms with Gasteiger partial charge in [0.2, 0.25) is 11.0 Å². The molecule has 9 heteroatoms. The minimum atomic E-state index is -0.279. The summed E-state index contributed by atoms with van der Waals surface area (Å²) in [6.45, 7) is 6.44. The van der Waals surface area contributed by atoms with Crippen LogP contribution in [0, 0.1) is 13.8 Å². The summed E-state index contributed by atoms with van der Waals surface area (Å²) in [6, 6.07) is 12.7. The van der Waals surface area contributed by atoms with Crippen molar-refractivity contribution in [3.8, 4) is 5.75 Å². The van der Waals surface area contributed by atoms with Crippen LogP contribution in [0.1, 0.15) is 28.4 Å². The van der Waals surface area contributed by atoms with E-state index < -0.39 is 0 Å². The standard InChI is InChI=1S/C21H22N4O3S2/c1-4-28-16-8-6-15(7-9-16)19(27)23-20-24-25-21(30-20)29-12-18(26)22-17-10-5-13(2)11-14(17)3/h5-11H,4,12H2,1-3H3,(H,22,26)(H,23,24,27). The van der Waals surface area contributed by atoms with Gasteiger partial charge in [-0.15, -0.1) is 10.2 Å². The predicted octanol–water partition coefficient (Wildman–Crippen LogP) is 4.54. The molecule has 7 nitrogen and oxygen atoms in total. The third-order valence-electron chi connectivity index (χ3n) is 4.04. The molecule has 0 radical (unpaired) electrons. The molecule has 0 unspecified atom stereocenters. The first-order chi connectivity index (χ1) is 14.4. The van der Waals surface area contributed by atoms with E-state index in [1.807, 2.05) is 39.0 Å². The van der Waals surface area contributed by atoms with Crippen molar-refractivity contribution < 1.29 is 14.3 Å². The van der Waals surface area contributed by atoms with Crippen molar-refractivity contribution in [1.82, 2.24) is 10.2 Å². The number of amides is 2. The molecular weight excluding hydrogens is 420 g/mol. The van der Waals surface area contributed by atoms with Crippen LogP contribution in [-0.4, -0.2) is 34.4 Å². The van der Waals surface area contributed by atoms with Crippen LogP contribution >= 0.6 is 23.1 Å². The fourth-order valence-corrected chi connectivity index (χ4v) is 4.17. The van der Waals surface area contributed by atoms with Gasteiger partial charge in [-0.1, -0.05) is 40.8 Å². The SMILES string of the molecule is CCOc1ccc(C(=O)Nc2nnc(SCC(=O)Nc3ccc(C)cc3C)s2)cc1. The van der Waals surface area contributed by atoms with Crippen LogP contribution < -0.4 is 15.4 Å². The molecule has 3 rings (SSSR count). The van der Waals surface area contributed by atoms with E-state index in [1.54, 1.807) is 24.3 Å². The highest BCUT2D eigenvalue weighted by Crippen LogP contribution is 2.26. The third-order valence-corrected chi connectivity index (χ3v) is 6.01. The average molecular weight is 443 g/mol. The first-order valence-electron chi connectivity index (χ1n) is 9.32. The molecule has 0 aliphatic carbocycles. The molecule has 2 amide bonds. The zero-order chi connectivity index (χ0) is 21.5. The van der Waals surface area contributed by atoms with Gasteiger partial charge in [-0.25, -0.2) is 0 Å². The largest absolute Gasteiger partial charge is 0.494 e. The Hall–Kier alpha value is -2.91. The summed E-state index contributed by atoms with van der Waals surface area (Å²) in [6.07, 6.45) is 0. The fourth-order valence-electron chi connectivity index (χ4n) is 2.62. The quantitative estimate of drug-likeness (QED) is 0.393. The van der Waals surface area contributed by atoms with E-state index in [1.165, 1.54) is 23.1 Å². The Labute approximate surface area is 183 Å². The van der Waals surface area contributed by atoms with Gasteiger partial charge >= 0.3 is 0 Å². The molecule has 0 bridgehead atoms. The van der Waals surface area contributed by atoms with E-state index in [2.05, 4.69) is 20.8 Å². The molecule has 1 aromatic heterocycles. The third kappa shape index (κ3) is 6.04.